The summed E-state index contributed by atoms with van der Waals surface area (Å²) in [7, 11) is 0. The number of nitrogens with zero attached hydrogens (tertiary/aromatic N) is 3. The number of thiazole rings is 1. The van der Waals surface area contributed by atoms with Gasteiger partial charge in [0, 0.05) is 38.9 Å². The summed E-state index contributed by atoms with van der Waals surface area (Å²) in [5, 5.41) is 3.10. The van der Waals surface area contributed by atoms with Gasteiger partial charge in [-0.2, -0.15) is 0 Å². The molecule has 1 aromatic carbocycles. The van der Waals surface area contributed by atoms with E-state index in [9.17, 15) is 4.79 Å². The van der Waals surface area contributed by atoms with E-state index >= 15 is 0 Å². The Morgan fingerprint density at radius 3 is 2.88 bits per heavy atom. The second-order valence-corrected chi connectivity index (χ2v) is 7.50. The SMILES string of the molecule is Cc1cc(SCc2cc(=O)n3c(C)csc3n2)c2ccccc2n1. The molecule has 0 saturated carbocycles. The molecule has 4 rings (SSSR count). The Kier molecular flexibility index (Phi) is 3.86. The molecular weight excluding hydrogens is 338 g/mol. The van der Waals surface area contributed by atoms with Crippen molar-refractivity contribution in [1.82, 2.24) is 14.4 Å². The number of pyridine rings is 1. The van der Waals surface area contributed by atoms with Crippen LogP contribution in [0.1, 0.15) is 17.1 Å². The van der Waals surface area contributed by atoms with Crippen LogP contribution < -0.4 is 5.56 Å². The average Bonchev–Trinajstić information content (AvgIpc) is 2.94. The van der Waals surface area contributed by atoms with E-state index in [1.807, 2.05) is 37.4 Å². The summed E-state index contributed by atoms with van der Waals surface area (Å²) in [6.07, 6.45) is 0. The fraction of sp³-hybridized carbons (Fsp3) is 0.167. The second kappa shape index (κ2) is 6.03. The van der Waals surface area contributed by atoms with Crippen LogP contribution in [-0.2, 0) is 5.75 Å². The number of rotatable bonds is 3. The Bertz CT molecular complexity index is 1110. The Morgan fingerprint density at radius 1 is 1.17 bits per heavy atom. The normalized spacial score (nSPS) is 11.4. The zero-order chi connectivity index (χ0) is 16.7. The van der Waals surface area contributed by atoms with Crippen molar-refractivity contribution < 1.29 is 0 Å². The largest absolute Gasteiger partial charge is 0.269 e. The van der Waals surface area contributed by atoms with E-state index in [-0.39, 0.29) is 5.56 Å². The number of aryl methyl sites for hydroxylation is 2. The van der Waals surface area contributed by atoms with Gasteiger partial charge in [0.05, 0.1) is 11.2 Å². The number of thioether (sulfide) groups is 1. The molecule has 0 N–H and O–H groups in total. The fourth-order valence-electron chi connectivity index (χ4n) is 2.72. The highest BCUT2D eigenvalue weighted by Crippen LogP contribution is 2.30. The Labute approximate surface area is 147 Å². The van der Waals surface area contributed by atoms with Crippen molar-refractivity contribution in [2.75, 3.05) is 0 Å². The summed E-state index contributed by atoms with van der Waals surface area (Å²) >= 11 is 3.20. The van der Waals surface area contributed by atoms with E-state index in [1.165, 1.54) is 16.2 Å². The first-order chi connectivity index (χ1) is 11.6. The number of hydrogen-bond donors (Lipinski definition) is 0. The molecule has 0 spiro atoms. The molecule has 0 aliphatic carbocycles. The standard InChI is InChI=1S/C18H15N3OS2/c1-11-7-16(14-5-3-4-6-15(14)19-11)23-10-13-8-17(22)21-12(2)9-24-18(21)20-13/h3-9H,10H2,1-2H3. The second-order valence-electron chi connectivity index (χ2n) is 5.65. The smallest absolute Gasteiger partial charge is 0.258 e. The van der Waals surface area contributed by atoms with E-state index in [0.717, 1.165) is 32.9 Å². The summed E-state index contributed by atoms with van der Waals surface area (Å²) < 4.78 is 1.66. The Balaban J connectivity index is 1.69. The summed E-state index contributed by atoms with van der Waals surface area (Å²) in [6, 6.07) is 11.9. The molecule has 0 radical (unpaired) electrons. The van der Waals surface area contributed by atoms with E-state index < -0.39 is 0 Å². The molecule has 4 aromatic rings. The van der Waals surface area contributed by atoms with E-state index in [2.05, 4.69) is 22.1 Å². The van der Waals surface area contributed by atoms with Gasteiger partial charge in [-0.3, -0.25) is 14.2 Å². The quantitative estimate of drug-likeness (QED) is 0.518. The van der Waals surface area contributed by atoms with Crippen LogP contribution in [0.5, 0.6) is 0 Å². The van der Waals surface area contributed by atoms with Gasteiger partial charge in [-0.1, -0.05) is 18.2 Å². The monoisotopic (exact) mass is 353 g/mol. The molecular formula is C18H15N3OS2. The Hall–Kier alpha value is -2.18. The zero-order valence-electron chi connectivity index (χ0n) is 13.3. The lowest BCUT2D eigenvalue weighted by Crippen LogP contribution is -2.14. The van der Waals surface area contributed by atoms with Crippen molar-refractivity contribution in [3.63, 3.8) is 0 Å². The maximum atomic E-state index is 12.3. The molecule has 0 aliphatic heterocycles. The minimum Gasteiger partial charge on any atom is -0.269 e. The molecule has 24 heavy (non-hydrogen) atoms. The molecule has 6 heteroatoms. The van der Waals surface area contributed by atoms with Crippen LogP contribution in [0.25, 0.3) is 15.9 Å². The molecule has 0 aliphatic rings. The highest BCUT2D eigenvalue weighted by Gasteiger charge is 2.09. The molecule has 0 amide bonds. The van der Waals surface area contributed by atoms with Gasteiger partial charge in [-0.05, 0) is 26.0 Å². The van der Waals surface area contributed by atoms with Crippen molar-refractivity contribution in [2.45, 2.75) is 24.5 Å². The lowest BCUT2D eigenvalue weighted by Gasteiger charge is -2.07. The third kappa shape index (κ3) is 2.72. The average molecular weight is 353 g/mol. The number of para-hydroxylation sites is 1. The molecule has 120 valence electrons. The highest BCUT2D eigenvalue weighted by atomic mass is 32.2. The number of hydrogen-bond acceptors (Lipinski definition) is 5. The van der Waals surface area contributed by atoms with Crippen LogP contribution in [0.4, 0.5) is 0 Å². The molecule has 3 heterocycles. The van der Waals surface area contributed by atoms with Gasteiger partial charge in [-0.25, -0.2) is 4.98 Å². The first-order valence-corrected chi connectivity index (χ1v) is 9.44. The first kappa shape index (κ1) is 15.4. The van der Waals surface area contributed by atoms with Gasteiger partial charge in [0.25, 0.3) is 5.56 Å². The molecule has 0 unspecified atom stereocenters. The minimum absolute atomic E-state index is 0.00915. The molecule has 4 nitrogen and oxygen atoms in total. The van der Waals surface area contributed by atoms with Crippen LogP contribution in [-0.4, -0.2) is 14.4 Å². The van der Waals surface area contributed by atoms with Gasteiger partial charge in [0.1, 0.15) is 0 Å². The summed E-state index contributed by atoms with van der Waals surface area (Å²) in [6.45, 7) is 3.93. The Morgan fingerprint density at radius 2 is 2.00 bits per heavy atom. The number of aromatic nitrogens is 3. The van der Waals surface area contributed by atoms with Crippen molar-refractivity contribution >= 4 is 39.0 Å². The maximum absolute atomic E-state index is 12.3. The lowest BCUT2D eigenvalue weighted by molar-refractivity contribution is 0.997. The number of benzene rings is 1. The first-order valence-electron chi connectivity index (χ1n) is 7.58. The molecule has 3 aromatic heterocycles. The maximum Gasteiger partial charge on any atom is 0.258 e. The van der Waals surface area contributed by atoms with E-state index in [0.29, 0.717) is 5.75 Å². The fourth-order valence-corrected chi connectivity index (χ4v) is 4.64. The highest BCUT2D eigenvalue weighted by molar-refractivity contribution is 7.98. The lowest BCUT2D eigenvalue weighted by atomic mass is 10.2. The summed E-state index contributed by atoms with van der Waals surface area (Å²) in [4.78, 5) is 23.4. The summed E-state index contributed by atoms with van der Waals surface area (Å²) in [5.41, 5.74) is 3.73. The third-order valence-corrected chi connectivity index (χ3v) is 5.84. The zero-order valence-corrected chi connectivity index (χ0v) is 14.9. The van der Waals surface area contributed by atoms with Gasteiger partial charge in [0.15, 0.2) is 4.96 Å². The van der Waals surface area contributed by atoms with Crippen LogP contribution in [0.2, 0.25) is 0 Å². The van der Waals surface area contributed by atoms with Gasteiger partial charge in [-0.15, -0.1) is 23.1 Å². The molecule has 0 bridgehead atoms. The predicted octanol–water partition coefficient (Wildman–Crippen LogP) is 4.21. The predicted molar refractivity (Wildman–Crippen MR) is 100 cm³/mol. The van der Waals surface area contributed by atoms with E-state index in [1.54, 1.807) is 22.2 Å². The van der Waals surface area contributed by atoms with Crippen molar-refractivity contribution in [2.24, 2.45) is 0 Å². The molecule has 0 saturated heterocycles. The van der Waals surface area contributed by atoms with Crippen LogP contribution in [0, 0.1) is 13.8 Å². The molecule has 0 fully saturated rings. The topological polar surface area (TPSA) is 47.3 Å². The summed E-state index contributed by atoms with van der Waals surface area (Å²) in [5.74, 6) is 0.663. The van der Waals surface area contributed by atoms with Crippen LogP contribution in [0.15, 0.2) is 51.5 Å². The van der Waals surface area contributed by atoms with E-state index in [4.69, 9.17) is 0 Å². The third-order valence-electron chi connectivity index (χ3n) is 3.81. The van der Waals surface area contributed by atoms with Crippen molar-refractivity contribution in [3.05, 3.63) is 69.2 Å². The van der Waals surface area contributed by atoms with Crippen LogP contribution >= 0.6 is 23.1 Å². The van der Waals surface area contributed by atoms with Gasteiger partial charge in [0.2, 0.25) is 0 Å². The minimum atomic E-state index is -0.00915. The number of fused-ring (bicyclic) bond motifs is 2. The molecule has 0 atom stereocenters. The van der Waals surface area contributed by atoms with Crippen LogP contribution in [0.3, 0.4) is 0 Å². The van der Waals surface area contributed by atoms with Crippen molar-refractivity contribution in [3.8, 4) is 0 Å². The van der Waals surface area contributed by atoms with Gasteiger partial charge < -0.3 is 0 Å². The van der Waals surface area contributed by atoms with Crippen molar-refractivity contribution in [1.29, 1.82) is 0 Å². The van der Waals surface area contributed by atoms with Gasteiger partial charge >= 0.3 is 0 Å².